The third-order valence-electron chi connectivity index (χ3n) is 5.12. The van der Waals surface area contributed by atoms with Gasteiger partial charge in [-0.1, -0.05) is 0 Å². The Balaban J connectivity index is 1.35. The lowest BCUT2D eigenvalue weighted by atomic mass is 9.78. The molecule has 1 aromatic carbocycles. The van der Waals surface area contributed by atoms with Crippen LogP contribution < -0.4 is 16.1 Å². The molecule has 0 unspecified atom stereocenters. The van der Waals surface area contributed by atoms with Crippen molar-refractivity contribution in [1.29, 1.82) is 0 Å². The number of aliphatic imine (C=N–C) groups is 1. The van der Waals surface area contributed by atoms with Crippen LogP contribution in [-0.4, -0.2) is 70.6 Å². The lowest BCUT2D eigenvalue weighted by molar-refractivity contribution is -0.405. The maximum atomic E-state index is 13.4. The van der Waals surface area contributed by atoms with Crippen molar-refractivity contribution in [3.8, 4) is 0 Å². The molecule has 0 radical (unpaired) electrons. The topological polar surface area (TPSA) is 163 Å². The molecule has 33 heavy (non-hydrogen) atoms. The lowest BCUT2D eigenvalue weighted by Crippen LogP contribution is -2.66. The molecule has 13 nitrogen and oxygen atoms in total. The Bertz CT molecular complexity index is 1080. The van der Waals surface area contributed by atoms with Gasteiger partial charge in [-0.05, 0) is 44.4 Å². The first-order valence-electron chi connectivity index (χ1n) is 9.82. The first-order chi connectivity index (χ1) is 15.9. The van der Waals surface area contributed by atoms with Crippen molar-refractivity contribution in [2.24, 2.45) is 10.4 Å². The highest BCUT2D eigenvalue weighted by atomic mass is 79.9. The average Bonchev–Trinajstić information content (AvgIpc) is 3.17. The number of nitrogens with zero attached hydrogens (tertiary/aromatic N) is 5. The van der Waals surface area contributed by atoms with Gasteiger partial charge in [0.05, 0.1) is 33.7 Å². The van der Waals surface area contributed by atoms with Crippen molar-refractivity contribution < 1.29 is 23.9 Å². The number of nitro groups is 1. The van der Waals surface area contributed by atoms with E-state index in [4.69, 9.17) is 9.37 Å². The number of amidine groups is 1. The molecule has 2 fully saturated rings. The van der Waals surface area contributed by atoms with Crippen LogP contribution in [0, 0.1) is 21.3 Å². The van der Waals surface area contributed by atoms with Crippen LogP contribution in [0.5, 0.6) is 0 Å². The predicted octanol–water partition coefficient (Wildman–Crippen LogP) is 1.44. The molecule has 1 aromatic heterocycles. The first-order valence-corrected chi connectivity index (χ1v) is 10.6. The fourth-order valence-electron chi connectivity index (χ4n) is 3.49. The molecule has 176 valence electrons. The number of hydrogen-bond donors (Lipinski definition) is 4. The van der Waals surface area contributed by atoms with Crippen molar-refractivity contribution in [2.45, 2.75) is 0 Å². The third-order valence-corrected chi connectivity index (χ3v) is 5.73. The summed E-state index contributed by atoms with van der Waals surface area (Å²) >= 11 is 3.07. The SMILES string of the molecule is O=[N+]([O-])/C=C(/NCCNc1nonc1C(=Nc1ccc(F)c(Br)c1)NO)N1CC2(COC2)C1. The van der Waals surface area contributed by atoms with Crippen LogP contribution in [0.2, 0.25) is 0 Å². The van der Waals surface area contributed by atoms with Crippen LogP contribution >= 0.6 is 15.9 Å². The predicted molar refractivity (Wildman–Crippen MR) is 116 cm³/mol. The van der Waals surface area contributed by atoms with Gasteiger partial charge in [0.15, 0.2) is 17.4 Å². The van der Waals surface area contributed by atoms with E-state index in [2.05, 4.69) is 41.9 Å². The van der Waals surface area contributed by atoms with E-state index in [9.17, 15) is 19.7 Å². The van der Waals surface area contributed by atoms with Gasteiger partial charge in [0.2, 0.25) is 5.82 Å². The highest BCUT2D eigenvalue weighted by Crippen LogP contribution is 2.38. The number of benzene rings is 1. The summed E-state index contributed by atoms with van der Waals surface area (Å²) in [4.78, 5) is 16.6. The van der Waals surface area contributed by atoms with Gasteiger partial charge in [-0.2, -0.15) is 0 Å². The van der Waals surface area contributed by atoms with Crippen LogP contribution in [0.1, 0.15) is 5.69 Å². The molecule has 0 amide bonds. The molecule has 0 aliphatic carbocycles. The molecule has 4 rings (SSSR count). The molecule has 4 N–H and O–H groups in total. The van der Waals surface area contributed by atoms with Crippen molar-refractivity contribution in [2.75, 3.05) is 44.7 Å². The van der Waals surface area contributed by atoms with Gasteiger partial charge in [-0.3, -0.25) is 20.8 Å². The Morgan fingerprint density at radius 1 is 1.39 bits per heavy atom. The monoisotopic (exact) mass is 526 g/mol. The van der Waals surface area contributed by atoms with Crippen molar-refractivity contribution >= 4 is 33.3 Å². The first kappa shape index (κ1) is 22.9. The van der Waals surface area contributed by atoms with E-state index < -0.39 is 10.7 Å². The molecule has 0 saturated carbocycles. The average molecular weight is 527 g/mol. The molecular formula is C18H20BrFN8O5. The number of ether oxygens (including phenoxy) is 1. The fourth-order valence-corrected chi connectivity index (χ4v) is 3.86. The number of hydrogen-bond acceptors (Lipinski definition) is 11. The number of halogens is 2. The van der Waals surface area contributed by atoms with Gasteiger partial charge in [0, 0.05) is 26.2 Å². The zero-order valence-electron chi connectivity index (χ0n) is 17.1. The number of nitrogens with one attached hydrogen (secondary N) is 3. The Morgan fingerprint density at radius 2 is 2.18 bits per heavy atom. The highest BCUT2D eigenvalue weighted by molar-refractivity contribution is 9.10. The second kappa shape index (κ2) is 9.68. The number of likely N-dealkylation sites (tertiary alicyclic amines) is 1. The van der Waals surface area contributed by atoms with Crippen LogP contribution in [0.4, 0.5) is 15.9 Å². The van der Waals surface area contributed by atoms with E-state index >= 15 is 0 Å². The van der Waals surface area contributed by atoms with E-state index in [1.807, 2.05) is 10.4 Å². The summed E-state index contributed by atoms with van der Waals surface area (Å²) in [5, 5.41) is 34.0. The zero-order chi connectivity index (χ0) is 23.4. The van der Waals surface area contributed by atoms with Gasteiger partial charge >= 0.3 is 0 Å². The molecule has 0 bridgehead atoms. The van der Waals surface area contributed by atoms with E-state index in [-0.39, 0.29) is 27.2 Å². The molecular weight excluding hydrogens is 507 g/mol. The number of rotatable bonds is 9. The van der Waals surface area contributed by atoms with Gasteiger partial charge in [0.1, 0.15) is 5.82 Å². The molecule has 15 heteroatoms. The summed E-state index contributed by atoms with van der Waals surface area (Å²) in [6, 6.07) is 4.06. The molecule has 1 spiro atoms. The molecule has 2 aliphatic rings. The Hall–Kier alpha value is -3.30. The summed E-state index contributed by atoms with van der Waals surface area (Å²) < 4.78 is 23.6. The van der Waals surface area contributed by atoms with Crippen LogP contribution in [0.15, 0.2) is 44.3 Å². The summed E-state index contributed by atoms with van der Waals surface area (Å²) in [6.07, 6.45) is 0.941. The van der Waals surface area contributed by atoms with E-state index in [1.54, 1.807) is 0 Å². The summed E-state index contributed by atoms with van der Waals surface area (Å²) in [5.74, 6) is 0.0738. The van der Waals surface area contributed by atoms with Crippen molar-refractivity contribution in [3.63, 3.8) is 0 Å². The zero-order valence-corrected chi connectivity index (χ0v) is 18.7. The minimum atomic E-state index is -0.499. The Labute approximate surface area is 194 Å². The summed E-state index contributed by atoms with van der Waals surface area (Å²) in [7, 11) is 0. The Kier molecular flexibility index (Phi) is 6.71. The second-order valence-electron chi connectivity index (χ2n) is 7.63. The Morgan fingerprint density at radius 3 is 2.82 bits per heavy atom. The van der Waals surface area contributed by atoms with E-state index in [1.165, 1.54) is 18.2 Å². The van der Waals surface area contributed by atoms with Crippen LogP contribution in [0.25, 0.3) is 0 Å². The van der Waals surface area contributed by atoms with Gasteiger partial charge in [0.25, 0.3) is 6.20 Å². The smallest absolute Gasteiger partial charge is 0.274 e. The fraction of sp³-hybridized carbons (Fsp3) is 0.389. The van der Waals surface area contributed by atoms with Crippen LogP contribution in [-0.2, 0) is 4.74 Å². The highest BCUT2D eigenvalue weighted by Gasteiger charge is 2.50. The minimum absolute atomic E-state index is 0.0762. The largest absolute Gasteiger partial charge is 0.380 e. The van der Waals surface area contributed by atoms with E-state index in [0.29, 0.717) is 50.9 Å². The van der Waals surface area contributed by atoms with Crippen molar-refractivity contribution in [1.82, 2.24) is 26.0 Å². The number of hydroxylamine groups is 1. The van der Waals surface area contributed by atoms with E-state index in [0.717, 1.165) is 6.20 Å². The second-order valence-corrected chi connectivity index (χ2v) is 8.49. The quantitative estimate of drug-likeness (QED) is 0.123. The van der Waals surface area contributed by atoms with Gasteiger partial charge in [-0.15, -0.1) is 0 Å². The third kappa shape index (κ3) is 5.20. The molecule has 0 atom stereocenters. The molecule has 2 aromatic rings. The summed E-state index contributed by atoms with van der Waals surface area (Å²) in [6.45, 7) is 3.39. The van der Waals surface area contributed by atoms with Crippen molar-refractivity contribution in [3.05, 3.63) is 56.3 Å². The molecule has 2 aliphatic heterocycles. The standard InChI is InChI=1S/C18H20BrFN8O5/c19-12-5-11(1-2-13(12)20)23-17(24-29)15-16(26-33-25-15)22-4-3-21-14(6-28(30)31)27-7-18(8-27)9-32-10-18/h1-2,5-6,21,29H,3-4,7-10H2,(H,22,26)(H,23,24)/b14-6-. The normalized spacial score (nSPS) is 17.4. The lowest BCUT2D eigenvalue weighted by Gasteiger charge is -2.55. The minimum Gasteiger partial charge on any atom is -0.380 e. The van der Waals surface area contributed by atoms with Crippen LogP contribution in [0.3, 0.4) is 0 Å². The molecule has 3 heterocycles. The summed E-state index contributed by atoms with van der Waals surface area (Å²) in [5.41, 5.74) is 2.48. The number of aromatic nitrogens is 2. The number of anilines is 1. The van der Waals surface area contributed by atoms with Gasteiger partial charge < -0.3 is 20.3 Å². The van der Waals surface area contributed by atoms with Gasteiger partial charge in [-0.25, -0.2) is 14.0 Å². The molecule has 2 saturated heterocycles. The maximum Gasteiger partial charge on any atom is 0.274 e. The maximum absolute atomic E-state index is 13.4.